The quantitative estimate of drug-likeness (QED) is 0.188. The van der Waals surface area contributed by atoms with Crippen molar-refractivity contribution in [3.8, 4) is 11.5 Å². The van der Waals surface area contributed by atoms with Gasteiger partial charge < -0.3 is 31.4 Å². The summed E-state index contributed by atoms with van der Waals surface area (Å²) in [6, 6.07) is 7.20. The summed E-state index contributed by atoms with van der Waals surface area (Å²) in [7, 11) is 0. The molecule has 35 heavy (non-hydrogen) atoms. The number of carbonyl (C=O) groups excluding carboxylic acids is 1. The molecule has 0 fully saturated rings. The molecule has 3 rings (SSSR count). The Hall–Kier alpha value is -3.52. The summed E-state index contributed by atoms with van der Waals surface area (Å²) in [5, 5.41) is 13.2. The van der Waals surface area contributed by atoms with Gasteiger partial charge in [-0.1, -0.05) is 12.1 Å². The minimum atomic E-state index is -0.323. The second-order valence-electron chi connectivity index (χ2n) is 9.20. The molecule has 0 saturated heterocycles. The number of hydrogen-bond donors (Lipinski definition) is 4. The molecule has 1 aliphatic heterocycles. The zero-order valence-electron chi connectivity index (χ0n) is 21.0. The number of benzene rings is 2. The summed E-state index contributed by atoms with van der Waals surface area (Å²) in [5.41, 5.74) is 15.8. The second kappa shape index (κ2) is 11.3. The van der Waals surface area contributed by atoms with Crippen molar-refractivity contribution in [1.82, 2.24) is 5.32 Å². The van der Waals surface area contributed by atoms with Gasteiger partial charge in [0.2, 0.25) is 5.91 Å². The number of aromatic hydroxyl groups is 1. The van der Waals surface area contributed by atoms with Crippen LogP contribution < -0.4 is 21.5 Å². The Morgan fingerprint density at radius 3 is 2.57 bits per heavy atom. The standard InChI is InChI=1S/C27H36N4O4/c1-17-18(2)25-22(19(3)24(17)33)11-12-27(4,35-25)13-15-34-16-14-30-23(32)10-7-20-5-8-21(9-6-20)31-26(28)29/h5-10,33H,11-16H2,1-4H3,(H,30,32)(H4,28,29,31). The van der Waals surface area contributed by atoms with Crippen molar-refractivity contribution >= 4 is 23.6 Å². The van der Waals surface area contributed by atoms with Crippen LogP contribution in [0.4, 0.5) is 5.69 Å². The lowest BCUT2D eigenvalue weighted by Gasteiger charge is -2.38. The minimum absolute atomic E-state index is 0.00186. The highest BCUT2D eigenvalue weighted by molar-refractivity contribution is 5.91. The first kappa shape index (κ1) is 26.1. The maximum Gasteiger partial charge on any atom is 0.244 e. The third-order valence-electron chi connectivity index (χ3n) is 6.49. The van der Waals surface area contributed by atoms with Crippen LogP contribution >= 0.6 is 0 Å². The van der Waals surface area contributed by atoms with Crippen LogP contribution in [-0.2, 0) is 16.0 Å². The highest BCUT2D eigenvalue weighted by atomic mass is 16.5. The van der Waals surface area contributed by atoms with E-state index in [1.807, 2.05) is 32.9 Å². The number of aliphatic imine (C=N–C) groups is 1. The van der Waals surface area contributed by atoms with Crippen LogP contribution in [0.5, 0.6) is 11.5 Å². The maximum atomic E-state index is 12.0. The van der Waals surface area contributed by atoms with E-state index in [4.69, 9.17) is 20.9 Å². The largest absolute Gasteiger partial charge is 0.507 e. The average Bonchev–Trinajstić information content (AvgIpc) is 2.82. The fraction of sp³-hybridized carbons (Fsp3) is 0.407. The van der Waals surface area contributed by atoms with Gasteiger partial charge in [0.1, 0.15) is 17.1 Å². The van der Waals surface area contributed by atoms with Crippen LogP contribution in [0.2, 0.25) is 0 Å². The summed E-state index contributed by atoms with van der Waals surface area (Å²) in [5.74, 6) is 1.08. The Balaban J connectivity index is 1.39. The smallest absolute Gasteiger partial charge is 0.244 e. The van der Waals surface area contributed by atoms with Crippen LogP contribution in [0.25, 0.3) is 6.08 Å². The topological polar surface area (TPSA) is 132 Å². The molecule has 1 atom stereocenters. The van der Waals surface area contributed by atoms with Crippen molar-refractivity contribution in [3.05, 3.63) is 58.2 Å². The van der Waals surface area contributed by atoms with Gasteiger partial charge in [-0.2, -0.15) is 0 Å². The lowest BCUT2D eigenvalue weighted by atomic mass is 9.86. The van der Waals surface area contributed by atoms with Gasteiger partial charge in [-0.3, -0.25) is 4.79 Å². The third kappa shape index (κ3) is 6.76. The number of guanidine groups is 1. The molecule has 0 saturated carbocycles. The van der Waals surface area contributed by atoms with Crippen molar-refractivity contribution in [2.24, 2.45) is 16.5 Å². The van der Waals surface area contributed by atoms with Gasteiger partial charge >= 0.3 is 0 Å². The number of rotatable bonds is 9. The van der Waals surface area contributed by atoms with E-state index < -0.39 is 0 Å². The predicted octanol–water partition coefficient (Wildman–Crippen LogP) is 3.54. The number of hydrogen-bond acceptors (Lipinski definition) is 5. The molecule has 188 valence electrons. The average molecular weight is 481 g/mol. The van der Waals surface area contributed by atoms with Crippen LogP contribution in [-0.4, -0.2) is 42.3 Å². The molecule has 1 heterocycles. The maximum absolute atomic E-state index is 12.0. The third-order valence-corrected chi connectivity index (χ3v) is 6.49. The summed E-state index contributed by atoms with van der Waals surface area (Å²) in [6.45, 7) is 9.35. The van der Waals surface area contributed by atoms with Gasteiger partial charge in [-0.15, -0.1) is 0 Å². The van der Waals surface area contributed by atoms with Crippen molar-refractivity contribution in [2.45, 2.75) is 52.6 Å². The molecule has 8 heteroatoms. The minimum Gasteiger partial charge on any atom is -0.507 e. The van der Waals surface area contributed by atoms with Crippen LogP contribution in [0.1, 0.15) is 47.6 Å². The fourth-order valence-corrected chi connectivity index (χ4v) is 4.15. The van der Waals surface area contributed by atoms with Crippen LogP contribution in [0.15, 0.2) is 35.3 Å². The van der Waals surface area contributed by atoms with E-state index in [0.717, 1.165) is 52.8 Å². The van der Waals surface area contributed by atoms with E-state index in [2.05, 4.69) is 17.2 Å². The molecule has 1 unspecified atom stereocenters. The molecule has 8 nitrogen and oxygen atoms in total. The van der Waals surface area contributed by atoms with Crippen LogP contribution in [0, 0.1) is 20.8 Å². The summed E-state index contributed by atoms with van der Waals surface area (Å²) >= 11 is 0. The monoisotopic (exact) mass is 480 g/mol. The predicted molar refractivity (Wildman–Crippen MR) is 139 cm³/mol. The van der Waals surface area contributed by atoms with E-state index in [9.17, 15) is 9.90 Å². The highest BCUT2D eigenvalue weighted by Crippen LogP contribution is 2.44. The first-order valence-corrected chi connectivity index (χ1v) is 11.8. The van der Waals surface area contributed by atoms with Gasteiger partial charge in [0.15, 0.2) is 5.96 Å². The Morgan fingerprint density at radius 1 is 1.17 bits per heavy atom. The second-order valence-corrected chi connectivity index (χ2v) is 9.20. The Bertz CT molecular complexity index is 1120. The number of nitrogens with two attached hydrogens (primary N) is 2. The number of fused-ring (bicyclic) bond motifs is 1. The van der Waals surface area contributed by atoms with E-state index in [0.29, 0.717) is 31.2 Å². The molecule has 1 amide bonds. The van der Waals surface area contributed by atoms with Gasteiger partial charge in [-0.25, -0.2) is 4.99 Å². The van der Waals surface area contributed by atoms with Gasteiger partial charge in [0.25, 0.3) is 0 Å². The molecule has 0 aromatic heterocycles. The van der Waals surface area contributed by atoms with Crippen molar-refractivity contribution in [2.75, 3.05) is 19.8 Å². The summed E-state index contributed by atoms with van der Waals surface area (Å²) < 4.78 is 12.2. The molecular weight excluding hydrogens is 444 g/mol. The van der Waals surface area contributed by atoms with Gasteiger partial charge in [-0.05, 0) is 81.0 Å². The first-order chi connectivity index (χ1) is 16.6. The number of carbonyl (C=O) groups is 1. The van der Waals surface area contributed by atoms with Crippen LogP contribution in [0.3, 0.4) is 0 Å². The van der Waals surface area contributed by atoms with E-state index in [1.165, 1.54) is 6.08 Å². The summed E-state index contributed by atoms with van der Waals surface area (Å²) in [4.78, 5) is 16.0. The summed E-state index contributed by atoms with van der Waals surface area (Å²) in [6.07, 6.45) is 5.68. The zero-order valence-corrected chi connectivity index (χ0v) is 21.0. The molecule has 1 aliphatic rings. The Labute approximate surface area is 207 Å². The van der Waals surface area contributed by atoms with Crippen molar-refractivity contribution in [1.29, 1.82) is 0 Å². The zero-order chi connectivity index (χ0) is 25.6. The van der Waals surface area contributed by atoms with Crippen molar-refractivity contribution in [3.63, 3.8) is 0 Å². The molecule has 0 spiro atoms. The lowest BCUT2D eigenvalue weighted by molar-refractivity contribution is -0.116. The molecule has 0 radical (unpaired) electrons. The normalized spacial score (nSPS) is 17.0. The molecule has 2 aromatic rings. The number of nitrogens with one attached hydrogen (secondary N) is 1. The Morgan fingerprint density at radius 2 is 1.89 bits per heavy atom. The number of phenolic OH excluding ortho intramolecular Hbond substituents is 1. The molecule has 6 N–H and O–H groups in total. The number of nitrogens with zero attached hydrogens (tertiary/aromatic N) is 1. The number of amides is 1. The highest BCUT2D eigenvalue weighted by Gasteiger charge is 2.34. The van der Waals surface area contributed by atoms with Gasteiger partial charge in [0, 0.05) is 24.6 Å². The number of ether oxygens (including phenoxy) is 2. The molecular formula is C27H36N4O4. The SMILES string of the molecule is Cc1c(C)c2c(c(C)c1O)CCC(C)(CCOCCNC(=O)C=Cc1ccc(N=C(N)N)cc1)O2. The Kier molecular flexibility index (Phi) is 8.40. The molecule has 0 bridgehead atoms. The first-order valence-electron chi connectivity index (χ1n) is 11.8. The van der Waals surface area contributed by atoms with Gasteiger partial charge in [0.05, 0.1) is 18.9 Å². The molecule has 2 aromatic carbocycles. The van der Waals surface area contributed by atoms with Crippen molar-refractivity contribution < 1.29 is 19.4 Å². The fourth-order valence-electron chi connectivity index (χ4n) is 4.15. The van der Waals surface area contributed by atoms with E-state index in [-0.39, 0.29) is 17.5 Å². The lowest BCUT2D eigenvalue weighted by Crippen LogP contribution is -2.38. The van der Waals surface area contributed by atoms with E-state index in [1.54, 1.807) is 18.2 Å². The number of phenols is 1. The molecule has 0 aliphatic carbocycles. The van der Waals surface area contributed by atoms with E-state index >= 15 is 0 Å².